The number of carbonyl (C=O) groups is 2. The molecule has 1 aromatic heterocycles. The zero-order valence-corrected chi connectivity index (χ0v) is 14.9. The summed E-state index contributed by atoms with van der Waals surface area (Å²) in [6, 6.07) is 13.7. The predicted octanol–water partition coefficient (Wildman–Crippen LogP) is 4.57. The van der Waals surface area contributed by atoms with Gasteiger partial charge in [-0.2, -0.15) is 0 Å². The molecule has 1 aliphatic rings. The number of nitrogens with one attached hydrogen (secondary N) is 2. The molecule has 2 heterocycles. The highest BCUT2D eigenvalue weighted by molar-refractivity contribution is 7.12. The van der Waals surface area contributed by atoms with Crippen molar-refractivity contribution < 1.29 is 27.8 Å². The molecule has 28 heavy (non-hydrogen) atoms. The van der Waals surface area contributed by atoms with Gasteiger partial charge in [0.2, 0.25) is 0 Å². The van der Waals surface area contributed by atoms with Crippen LogP contribution in [0.2, 0.25) is 0 Å². The standard InChI is InChI=1S/C19H12F2N2O4S/c20-19(21)26-14-8-7-13(10-15(14)27-19)23-17(24)11-3-5-12(6-4-11)22-18(25)16-2-1-9-28-16/h1-10H,(H,22,25)(H,23,24). The van der Waals surface area contributed by atoms with E-state index in [1.54, 1.807) is 41.8 Å². The van der Waals surface area contributed by atoms with Gasteiger partial charge in [-0.15, -0.1) is 20.1 Å². The molecular weight excluding hydrogens is 390 g/mol. The molecule has 0 aliphatic carbocycles. The van der Waals surface area contributed by atoms with E-state index in [9.17, 15) is 18.4 Å². The number of alkyl halides is 2. The second-order valence-corrected chi connectivity index (χ2v) is 6.74. The molecule has 4 rings (SSSR count). The van der Waals surface area contributed by atoms with E-state index in [0.29, 0.717) is 16.1 Å². The van der Waals surface area contributed by atoms with Gasteiger partial charge in [0, 0.05) is 23.0 Å². The highest BCUT2D eigenvalue weighted by Crippen LogP contribution is 2.42. The molecule has 0 bridgehead atoms. The lowest BCUT2D eigenvalue weighted by atomic mass is 10.2. The summed E-state index contributed by atoms with van der Waals surface area (Å²) in [5, 5.41) is 7.13. The van der Waals surface area contributed by atoms with Crippen molar-refractivity contribution >= 4 is 34.5 Å². The molecular formula is C19H12F2N2O4S. The maximum atomic E-state index is 13.1. The quantitative estimate of drug-likeness (QED) is 0.670. The van der Waals surface area contributed by atoms with E-state index in [1.807, 2.05) is 0 Å². The molecule has 6 nitrogen and oxygen atoms in total. The Morgan fingerprint density at radius 3 is 2.25 bits per heavy atom. The number of thiophene rings is 1. The molecule has 0 radical (unpaired) electrons. The van der Waals surface area contributed by atoms with E-state index in [2.05, 4.69) is 20.1 Å². The number of ether oxygens (including phenoxy) is 2. The molecule has 0 fully saturated rings. The van der Waals surface area contributed by atoms with Crippen LogP contribution in [0, 0.1) is 0 Å². The van der Waals surface area contributed by atoms with Crippen molar-refractivity contribution in [1.82, 2.24) is 0 Å². The number of anilines is 2. The van der Waals surface area contributed by atoms with Gasteiger partial charge < -0.3 is 20.1 Å². The van der Waals surface area contributed by atoms with Gasteiger partial charge >= 0.3 is 6.29 Å². The Balaban J connectivity index is 1.41. The Bertz CT molecular complexity index is 1040. The topological polar surface area (TPSA) is 76.7 Å². The zero-order chi connectivity index (χ0) is 19.7. The van der Waals surface area contributed by atoms with E-state index in [0.717, 1.165) is 0 Å². The third-order valence-electron chi connectivity index (χ3n) is 3.81. The van der Waals surface area contributed by atoms with Crippen LogP contribution >= 0.6 is 11.3 Å². The van der Waals surface area contributed by atoms with Crippen molar-refractivity contribution in [3.8, 4) is 11.5 Å². The maximum absolute atomic E-state index is 13.1. The van der Waals surface area contributed by atoms with Gasteiger partial charge in [-0.3, -0.25) is 9.59 Å². The number of benzene rings is 2. The first-order valence-corrected chi connectivity index (χ1v) is 8.94. The molecule has 0 atom stereocenters. The normalized spacial score (nSPS) is 13.8. The minimum absolute atomic E-state index is 0.103. The predicted molar refractivity (Wildman–Crippen MR) is 99.3 cm³/mol. The number of amides is 2. The van der Waals surface area contributed by atoms with Crippen molar-refractivity contribution in [1.29, 1.82) is 0 Å². The van der Waals surface area contributed by atoms with E-state index in [-0.39, 0.29) is 23.1 Å². The number of rotatable bonds is 4. The van der Waals surface area contributed by atoms with Crippen LogP contribution in [0.25, 0.3) is 0 Å². The van der Waals surface area contributed by atoms with Crippen molar-refractivity contribution in [2.24, 2.45) is 0 Å². The Labute approximate surface area is 161 Å². The Hall–Kier alpha value is -3.46. The van der Waals surface area contributed by atoms with Crippen molar-refractivity contribution in [3.05, 3.63) is 70.4 Å². The minimum atomic E-state index is -3.71. The number of fused-ring (bicyclic) bond motifs is 1. The van der Waals surface area contributed by atoms with E-state index in [1.165, 1.54) is 29.5 Å². The number of carbonyl (C=O) groups excluding carboxylic acids is 2. The number of hydrogen-bond donors (Lipinski definition) is 2. The first kappa shape index (κ1) is 17.9. The van der Waals surface area contributed by atoms with Crippen LogP contribution in [0.15, 0.2) is 60.0 Å². The second kappa shape index (κ2) is 6.93. The number of hydrogen-bond acceptors (Lipinski definition) is 5. The molecule has 2 N–H and O–H groups in total. The van der Waals surface area contributed by atoms with Crippen LogP contribution in [0.1, 0.15) is 20.0 Å². The Kier molecular flexibility index (Phi) is 4.44. The second-order valence-electron chi connectivity index (χ2n) is 5.79. The van der Waals surface area contributed by atoms with Gasteiger partial charge in [-0.05, 0) is 47.8 Å². The van der Waals surface area contributed by atoms with Gasteiger partial charge in [0.15, 0.2) is 11.5 Å². The highest BCUT2D eigenvalue weighted by atomic mass is 32.1. The molecule has 0 saturated carbocycles. The summed E-state index contributed by atoms with van der Waals surface area (Å²) in [4.78, 5) is 24.9. The molecule has 9 heteroatoms. The molecule has 1 aliphatic heterocycles. The largest absolute Gasteiger partial charge is 0.586 e. The third-order valence-corrected chi connectivity index (χ3v) is 4.68. The molecule has 0 saturated heterocycles. The van der Waals surface area contributed by atoms with Gasteiger partial charge in [0.25, 0.3) is 11.8 Å². The molecule has 3 aromatic rings. The van der Waals surface area contributed by atoms with Gasteiger partial charge in [0.05, 0.1) is 4.88 Å². The fourth-order valence-corrected chi connectivity index (χ4v) is 3.15. The van der Waals surface area contributed by atoms with Crippen LogP contribution in [0.5, 0.6) is 11.5 Å². The van der Waals surface area contributed by atoms with E-state index >= 15 is 0 Å². The molecule has 2 aromatic carbocycles. The summed E-state index contributed by atoms with van der Waals surface area (Å²) in [6.45, 7) is 0. The van der Waals surface area contributed by atoms with Gasteiger partial charge in [-0.1, -0.05) is 6.07 Å². The lowest BCUT2D eigenvalue weighted by Gasteiger charge is -2.08. The summed E-state index contributed by atoms with van der Waals surface area (Å²) < 4.78 is 34.8. The molecule has 2 amide bonds. The maximum Gasteiger partial charge on any atom is 0.586 e. The van der Waals surface area contributed by atoms with Crippen molar-refractivity contribution in [2.75, 3.05) is 10.6 Å². The zero-order valence-electron chi connectivity index (χ0n) is 14.1. The number of halogens is 2. The Morgan fingerprint density at radius 2 is 1.54 bits per heavy atom. The van der Waals surface area contributed by atoms with Crippen LogP contribution in [-0.4, -0.2) is 18.1 Å². The summed E-state index contributed by atoms with van der Waals surface area (Å²) in [7, 11) is 0. The van der Waals surface area contributed by atoms with Crippen LogP contribution in [0.3, 0.4) is 0 Å². The van der Waals surface area contributed by atoms with Crippen LogP contribution in [-0.2, 0) is 0 Å². The lowest BCUT2D eigenvalue weighted by molar-refractivity contribution is -0.286. The van der Waals surface area contributed by atoms with Crippen molar-refractivity contribution in [3.63, 3.8) is 0 Å². The summed E-state index contributed by atoms with van der Waals surface area (Å²) in [6.07, 6.45) is -3.71. The first-order chi connectivity index (χ1) is 13.4. The molecule has 0 unspecified atom stereocenters. The molecule has 142 valence electrons. The summed E-state index contributed by atoms with van der Waals surface area (Å²) in [5.41, 5.74) is 1.15. The van der Waals surface area contributed by atoms with Crippen LogP contribution < -0.4 is 20.1 Å². The smallest absolute Gasteiger partial charge is 0.395 e. The lowest BCUT2D eigenvalue weighted by Crippen LogP contribution is -2.25. The summed E-state index contributed by atoms with van der Waals surface area (Å²) >= 11 is 1.33. The third kappa shape index (κ3) is 3.79. The van der Waals surface area contributed by atoms with Crippen LogP contribution in [0.4, 0.5) is 20.2 Å². The highest BCUT2D eigenvalue weighted by Gasteiger charge is 2.43. The van der Waals surface area contributed by atoms with Gasteiger partial charge in [-0.25, -0.2) is 0 Å². The van der Waals surface area contributed by atoms with Crippen molar-refractivity contribution in [2.45, 2.75) is 6.29 Å². The van der Waals surface area contributed by atoms with E-state index < -0.39 is 12.2 Å². The Morgan fingerprint density at radius 1 is 0.857 bits per heavy atom. The minimum Gasteiger partial charge on any atom is -0.395 e. The van der Waals surface area contributed by atoms with E-state index in [4.69, 9.17) is 0 Å². The summed E-state index contributed by atoms with van der Waals surface area (Å²) in [5.74, 6) is -0.936. The first-order valence-electron chi connectivity index (χ1n) is 8.06. The average molecular weight is 402 g/mol. The fourth-order valence-electron chi connectivity index (χ4n) is 2.54. The van der Waals surface area contributed by atoms with Gasteiger partial charge in [0.1, 0.15) is 0 Å². The molecule has 0 spiro atoms. The fraction of sp³-hybridized carbons (Fsp3) is 0.0526. The SMILES string of the molecule is O=C(Nc1ccc2c(c1)OC(F)(F)O2)c1ccc(NC(=O)c2cccs2)cc1. The average Bonchev–Trinajstić information content (AvgIpc) is 3.28. The monoisotopic (exact) mass is 402 g/mol.